The SMILES string of the molecule is Cc1cccc(C)c1N(c1ccnc(-c2[c-]ccc3onc(C)c23)c1)c1c(C)cccc1C.[Ir]. The van der Waals surface area contributed by atoms with Crippen LogP contribution in [0.3, 0.4) is 0 Å². The Labute approximate surface area is 214 Å². The summed E-state index contributed by atoms with van der Waals surface area (Å²) >= 11 is 0. The fourth-order valence-corrected chi connectivity index (χ4v) is 4.66. The molecule has 0 fully saturated rings. The van der Waals surface area contributed by atoms with Gasteiger partial charge in [-0.2, -0.15) is 0 Å². The number of aryl methyl sites for hydroxylation is 5. The van der Waals surface area contributed by atoms with E-state index in [-0.39, 0.29) is 20.1 Å². The van der Waals surface area contributed by atoms with Crippen molar-refractivity contribution in [3.8, 4) is 11.3 Å². The number of aromatic nitrogens is 2. The van der Waals surface area contributed by atoms with Crippen LogP contribution >= 0.6 is 0 Å². The molecule has 173 valence electrons. The zero-order chi connectivity index (χ0) is 23.1. The molecule has 3 aromatic carbocycles. The first kappa shape index (κ1) is 23.9. The summed E-state index contributed by atoms with van der Waals surface area (Å²) in [5.41, 5.74) is 11.6. The van der Waals surface area contributed by atoms with Gasteiger partial charge in [-0.15, -0.1) is 17.7 Å². The van der Waals surface area contributed by atoms with Gasteiger partial charge in [0.25, 0.3) is 0 Å². The molecule has 0 N–H and O–H groups in total. The van der Waals surface area contributed by atoms with Gasteiger partial charge in [0.2, 0.25) is 0 Å². The number of para-hydroxylation sites is 2. The molecule has 0 saturated carbocycles. The largest absolute Gasteiger partial charge is 0.377 e. The van der Waals surface area contributed by atoms with Crippen molar-refractivity contribution in [2.75, 3.05) is 4.90 Å². The quantitative estimate of drug-likeness (QED) is 0.192. The molecule has 4 nitrogen and oxygen atoms in total. The fraction of sp³-hybridized carbons (Fsp3) is 0.172. The van der Waals surface area contributed by atoms with Crippen LogP contribution in [-0.4, -0.2) is 10.1 Å². The van der Waals surface area contributed by atoms with Crippen LogP contribution in [0.2, 0.25) is 0 Å². The van der Waals surface area contributed by atoms with Crippen molar-refractivity contribution in [2.45, 2.75) is 34.6 Å². The molecule has 0 atom stereocenters. The summed E-state index contributed by atoms with van der Waals surface area (Å²) < 4.78 is 5.48. The Kier molecular flexibility index (Phi) is 6.69. The molecule has 0 bridgehead atoms. The van der Waals surface area contributed by atoms with E-state index in [1.165, 1.54) is 33.6 Å². The molecule has 0 spiro atoms. The third kappa shape index (κ3) is 4.06. The van der Waals surface area contributed by atoms with Gasteiger partial charge in [-0.05, 0) is 74.0 Å². The number of pyridine rings is 1. The van der Waals surface area contributed by atoms with Crippen LogP contribution in [0.1, 0.15) is 27.9 Å². The molecule has 0 amide bonds. The van der Waals surface area contributed by atoms with Gasteiger partial charge < -0.3 is 14.4 Å². The van der Waals surface area contributed by atoms with E-state index in [0.717, 1.165) is 33.6 Å². The zero-order valence-electron chi connectivity index (χ0n) is 19.9. The predicted octanol–water partition coefficient (Wildman–Crippen LogP) is 7.70. The maximum atomic E-state index is 5.48. The maximum Gasteiger partial charge on any atom is 0.0862 e. The number of hydrogen-bond acceptors (Lipinski definition) is 4. The summed E-state index contributed by atoms with van der Waals surface area (Å²) in [5, 5.41) is 5.10. The van der Waals surface area contributed by atoms with Crippen molar-refractivity contribution in [1.82, 2.24) is 10.1 Å². The van der Waals surface area contributed by atoms with Crippen LogP contribution in [0.25, 0.3) is 22.2 Å². The topological polar surface area (TPSA) is 42.2 Å². The number of benzene rings is 3. The van der Waals surface area contributed by atoms with Gasteiger partial charge >= 0.3 is 0 Å². The third-order valence-electron chi connectivity index (χ3n) is 6.19. The molecule has 0 saturated heterocycles. The summed E-state index contributed by atoms with van der Waals surface area (Å²) in [6.07, 6.45) is 1.87. The minimum Gasteiger partial charge on any atom is -0.377 e. The van der Waals surface area contributed by atoms with E-state index < -0.39 is 0 Å². The van der Waals surface area contributed by atoms with Gasteiger partial charge in [-0.25, -0.2) is 0 Å². The number of rotatable bonds is 4. The zero-order valence-corrected chi connectivity index (χ0v) is 22.3. The first-order valence-corrected chi connectivity index (χ1v) is 11.1. The van der Waals surface area contributed by atoms with Gasteiger partial charge in [0.15, 0.2) is 0 Å². The van der Waals surface area contributed by atoms with E-state index in [2.05, 4.69) is 92.3 Å². The normalized spacial score (nSPS) is 10.9. The van der Waals surface area contributed by atoms with Crippen LogP contribution in [0.4, 0.5) is 17.1 Å². The van der Waals surface area contributed by atoms with Crippen molar-refractivity contribution >= 4 is 28.0 Å². The molecule has 0 aliphatic heterocycles. The predicted molar refractivity (Wildman–Crippen MR) is 134 cm³/mol. The summed E-state index contributed by atoms with van der Waals surface area (Å²) in [6, 6.07) is 24.2. The Morgan fingerprint density at radius 3 is 1.97 bits per heavy atom. The summed E-state index contributed by atoms with van der Waals surface area (Å²) in [4.78, 5) is 7.07. The van der Waals surface area contributed by atoms with Gasteiger partial charge in [0.05, 0.1) is 17.0 Å². The Bertz CT molecular complexity index is 1400. The summed E-state index contributed by atoms with van der Waals surface area (Å²) in [6.45, 7) is 10.6. The third-order valence-corrected chi connectivity index (χ3v) is 6.19. The van der Waals surface area contributed by atoms with E-state index in [9.17, 15) is 0 Å². The molecule has 0 aliphatic rings. The first-order valence-electron chi connectivity index (χ1n) is 11.1. The number of anilines is 3. The molecule has 0 aliphatic carbocycles. The molecule has 5 heteroatoms. The van der Waals surface area contributed by atoms with Crippen LogP contribution in [0.5, 0.6) is 0 Å². The number of nitrogens with zero attached hydrogens (tertiary/aromatic N) is 3. The first-order chi connectivity index (χ1) is 16.0. The van der Waals surface area contributed by atoms with Crippen LogP contribution in [0, 0.1) is 40.7 Å². The monoisotopic (exact) mass is 625 g/mol. The second-order valence-corrected chi connectivity index (χ2v) is 8.58. The van der Waals surface area contributed by atoms with Crippen LogP contribution < -0.4 is 4.90 Å². The van der Waals surface area contributed by atoms with Crippen molar-refractivity contribution in [3.63, 3.8) is 0 Å². The molecule has 5 aromatic rings. The minimum absolute atomic E-state index is 0. The average molecular weight is 625 g/mol. The molecule has 1 radical (unpaired) electrons. The van der Waals surface area contributed by atoms with Crippen molar-refractivity contribution in [2.24, 2.45) is 0 Å². The second-order valence-electron chi connectivity index (χ2n) is 8.58. The van der Waals surface area contributed by atoms with E-state index in [0.29, 0.717) is 0 Å². The summed E-state index contributed by atoms with van der Waals surface area (Å²) in [7, 11) is 0. The van der Waals surface area contributed by atoms with Gasteiger partial charge in [-0.1, -0.05) is 53.7 Å². The molecular formula is C29H26IrN3O-. The Hall–Kier alpha value is -3.27. The Morgan fingerprint density at radius 1 is 0.794 bits per heavy atom. The number of fused-ring (bicyclic) bond motifs is 1. The summed E-state index contributed by atoms with van der Waals surface area (Å²) in [5.74, 6) is 0. The van der Waals surface area contributed by atoms with Gasteiger partial charge in [0.1, 0.15) is 0 Å². The molecular weight excluding hydrogens is 599 g/mol. The number of hydrogen-bond donors (Lipinski definition) is 0. The average Bonchev–Trinajstić information content (AvgIpc) is 3.19. The van der Waals surface area contributed by atoms with Crippen molar-refractivity contribution in [3.05, 3.63) is 101 Å². The van der Waals surface area contributed by atoms with Crippen LogP contribution in [0.15, 0.2) is 71.4 Å². The van der Waals surface area contributed by atoms with Crippen molar-refractivity contribution < 1.29 is 24.6 Å². The molecule has 0 unspecified atom stereocenters. The van der Waals surface area contributed by atoms with E-state index in [4.69, 9.17) is 9.51 Å². The van der Waals surface area contributed by atoms with Gasteiger partial charge in [-0.3, -0.25) is 0 Å². The van der Waals surface area contributed by atoms with E-state index >= 15 is 0 Å². The molecule has 34 heavy (non-hydrogen) atoms. The molecule has 2 aromatic heterocycles. The standard InChI is InChI=1S/C29H26N3O.Ir/c1-18-9-6-10-19(2)28(18)32(29-20(3)11-7-12-21(29)4)23-15-16-30-25(17-23)24-13-8-14-26-27(24)22(5)31-33-26;/h6-12,14-17H,1-5H3;/q-1;. The maximum absolute atomic E-state index is 5.48. The van der Waals surface area contributed by atoms with E-state index in [1.807, 2.05) is 25.3 Å². The second kappa shape index (κ2) is 9.53. The van der Waals surface area contributed by atoms with E-state index in [1.54, 1.807) is 0 Å². The Morgan fingerprint density at radius 2 is 1.38 bits per heavy atom. The fourth-order valence-electron chi connectivity index (χ4n) is 4.66. The van der Waals surface area contributed by atoms with Crippen LogP contribution in [-0.2, 0) is 20.1 Å². The molecule has 2 heterocycles. The minimum atomic E-state index is 0. The van der Waals surface area contributed by atoms with Crippen molar-refractivity contribution in [1.29, 1.82) is 0 Å². The van der Waals surface area contributed by atoms with Gasteiger partial charge in [0, 0.05) is 37.7 Å². The Balaban J connectivity index is 0.00000274. The smallest absolute Gasteiger partial charge is 0.0862 e. The molecule has 5 rings (SSSR count).